The molecule has 2 atom stereocenters. The van der Waals surface area contributed by atoms with E-state index in [1.165, 1.54) is 0 Å². The number of hydrogen-bond donors (Lipinski definition) is 1. The Morgan fingerprint density at radius 1 is 0.953 bits per heavy atom. The highest BCUT2D eigenvalue weighted by atomic mass is 16.6. The molecule has 2 amide bonds. The number of nitrogens with zero attached hydrogens (tertiary/aromatic N) is 2. The molecule has 0 saturated heterocycles. The van der Waals surface area contributed by atoms with E-state index in [1.54, 1.807) is 18.2 Å². The Labute approximate surface area is 255 Å². The first kappa shape index (κ1) is 31.9. The van der Waals surface area contributed by atoms with Gasteiger partial charge in [0.1, 0.15) is 23.6 Å². The number of amides is 2. The average molecular weight is 588 g/mol. The summed E-state index contributed by atoms with van der Waals surface area (Å²) in [5.41, 5.74) is 2.95. The van der Waals surface area contributed by atoms with Gasteiger partial charge in [-0.15, -0.1) is 0 Å². The van der Waals surface area contributed by atoms with Gasteiger partial charge in [-0.25, -0.2) is 9.78 Å². The number of nitrogens with one attached hydrogen (secondary N) is 1. The molecule has 1 aromatic heterocycles. The summed E-state index contributed by atoms with van der Waals surface area (Å²) in [5, 5.41) is 2.95. The van der Waals surface area contributed by atoms with Gasteiger partial charge in [-0.3, -0.25) is 4.79 Å². The monoisotopic (exact) mass is 587 g/mol. The van der Waals surface area contributed by atoms with Crippen molar-refractivity contribution < 1.29 is 23.8 Å². The van der Waals surface area contributed by atoms with Crippen molar-refractivity contribution in [3.8, 4) is 11.6 Å². The summed E-state index contributed by atoms with van der Waals surface area (Å²) in [7, 11) is 1.67. The number of alkyl carbamates (subject to hydrolysis) is 1. The first-order chi connectivity index (χ1) is 20.3. The van der Waals surface area contributed by atoms with Crippen LogP contribution in [0.3, 0.4) is 0 Å². The molecular formula is C35H45N3O5. The topological polar surface area (TPSA) is 90.0 Å². The number of methoxy groups -OCH3 is 1. The highest BCUT2D eigenvalue weighted by Crippen LogP contribution is 2.36. The molecule has 0 bridgehead atoms. The zero-order chi connectivity index (χ0) is 31.2. The van der Waals surface area contributed by atoms with Gasteiger partial charge in [0.25, 0.3) is 0 Å². The molecule has 1 N–H and O–H groups in total. The van der Waals surface area contributed by atoms with Crippen molar-refractivity contribution in [2.24, 2.45) is 5.92 Å². The molecule has 1 fully saturated rings. The van der Waals surface area contributed by atoms with Crippen molar-refractivity contribution >= 4 is 17.7 Å². The lowest BCUT2D eigenvalue weighted by Gasteiger charge is -2.28. The van der Waals surface area contributed by atoms with E-state index in [0.29, 0.717) is 44.0 Å². The number of hydrogen-bond acceptors (Lipinski definition) is 6. The molecule has 43 heavy (non-hydrogen) atoms. The number of ether oxygens (including phenoxy) is 3. The fraction of sp³-hybridized carbons (Fsp3) is 0.457. The molecule has 1 heterocycles. The summed E-state index contributed by atoms with van der Waals surface area (Å²) in [6, 6.07) is 19.5. The van der Waals surface area contributed by atoms with E-state index in [2.05, 4.69) is 37.1 Å². The SMILES string of the molecule is COc1cc(CN(C(=O)[C@H]2CC[C@H](NC(=O)OC(C)(C)C)C2)c2cccnc2OCc2ccccc2)ccc1C(C)(C)C. The summed E-state index contributed by atoms with van der Waals surface area (Å²) in [5.74, 6) is 0.855. The van der Waals surface area contributed by atoms with Crippen LogP contribution >= 0.6 is 0 Å². The van der Waals surface area contributed by atoms with Crippen molar-refractivity contribution in [3.05, 3.63) is 83.6 Å². The number of anilines is 1. The van der Waals surface area contributed by atoms with Gasteiger partial charge in [0.05, 0.1) is 13.7 Å². The molecule has 230 valence electrons. The Kier molecular flexibility index (Phi) is 9.99. The van der Waals surface area contributed by atoms with Crippen molar-refractivity contribution in [1.29, 1.82) is 0 Å². The van der Waals surface area contributed by atoms with Gasteiger partial charge in [0.2, 0.25) is 11.8 Å². The highest BCUT2D eigenvalue weighted by Gasteiger charge is 2.36. The number of carbonyl (C=O) groups excluding carboxylic acids is 2. The maximum atomic E-state index is 14.3. The zero-order valence-electron chi connectivity index (χ0n) is 26.5. The van der Waals surface area contributed by atoms with Crippen LogP contribution in [-0.2, 0) is 28.1 Å². The molecule has 8 heteroatoms. The molecule has 0 radical (unpaired) electrons. The maximum absolute atomic E-state index is 14.3. The maximum Gasteiger partial charge on any atom is 0.407 e. The Bertz CT molecular complexity index is 1390. The van der Waals surface area contributed by atoms with Crippen LogP contribution in [0.15, 0.2) is 66.9 Å². The fourth-order valence-electron chi connectivity index (χ4n) is 5.37. The number of rotatable bonds is 9. The van der Waals surface area contributed by atoms with Crippen LogP contribution in [0.4, 0.5) is 10.5 Å². The van der Waals surface area contributed by atoms with Crippen LogP contribution in [-0.4, -0.2) is 35.7 Å². The minimum atomic E-state index is -0.589. The Morgan fingerprint density at radius 2 is 1.70 bits per heavy atom. The van der Waals surface area contributed by atoms with Crippen molar-refractivity contribution in [1.82, 2.24) is 10.3 Å². The molecule has 4 rings (SSSR count). The molecule has 8 nitrogen and oxygen atoms in total. The van der Waals surface area contributed by atoms with Crippen LogP contribution in [0, 0.1) is 5.92 Å². The van der Waals surface area contributed by atoms with E-state index in [0.717, 1.165) is 22.4 Å². The van der Waals surface area contributed by atoms with Gasteiger partial charge in [-0.05, 0) is 80.3 Å². The van der Waals surface area contributed by atoms with Crippen LogP contribution < -0.4 is 19.7 Å². The standard InChI is InChI=1S/C35H45N3O5/c1-34(2,3)28-18-15-25(20-30(28)41-7)22-38(29-14-11-19-36-31(29)42-23-24-12-9-8-10-13-24)32(39)26-16-17-27(21-26)37-33(40)43-35(4,5)6/h8-15,18-20,26-27H,16-17,21-23H2,1-7H3,(H,37,40)/t26-,27-/m0/s1. The Hall–Kier alpha value is -4.07. The predicted molar refractivity (Wildman–Crippen MR) is 168 cm³/mol. The van der Waals surface area contributed by atoms with Crippen molar-refractivity contribution in [3.63, 3.8) is 0 Å². The largest absolute Gasteiger partial charge is 0.496 e. The second kappa shape index (κ2) is 13.5. The fourth-order valence-corrected chi connectivity index (χ4v) is 5.37. The molecule has 0 spiro atoms. The zero-order valence-corrected chi connectivity index (χ0v) is 26.5. The third-order valence-electron chi connectivity index (χ3n) is 7.44. The first-order valence-electron chi connectivity index (χ1n) is 14.9. The quantitative estimate of drug-likeness (QED) is 0.285. The second-order valence-electron chi connectivity index (χ2n) is 13.2. The lowest BCUT2D eigenvalue weighted by Crippen LogP contribution is -2.39. The van der Waals surface area contributed by atoms with Gasteiger partial charge in [-0.1, -0.05) is 63.2 Å². The molecule has 2 aromatic carbocycles. The molecule has 0 unspecified atom stereocenters. The van der Waals surface area contributed by atoms with Crippen LogP contribution in [0.1, 0.15) is 77.5 Å². The molecule has 1 saturated carbocycles. The minimum Gasteiger partial charge on any atom is -0.496 e. The summed E-state index contributed by atoms with van der Waals surface area (Å²) in [6.07, 6.45) is 3.09. The normalized spacial score (nSPS) is 16.8. The van der Waals surface area contributed by atoms with E-state index in [4.69, 9.17) is 14.2 Å². The minimum absolute atomic E-state index is 0.0371. The average Bonchev–Trinajstić information content (AvgIpc) is 3.41. The molecule has 0 aliphatic heterocycles. The lowest BCUT2D eigenvalue weighted by molar-refractivity contribution is -0.122. The summed E-state index contributed by atoms with van der Waals surface area (Å²) in [6.45, 7) is 12.6. The van der Waals surface area contributed by atoms with E-state index in [9.17, 15) is 9.59 Å². The molecule has 3 aromatic rings. The van der Waals surface area contributed by atoms with Gasteiger partial charge in [0.15, 0.2) is 0 Å². The number of benzene rings is 2. The third kappa shape index (κ3) is 8.72. The van der Waals surface area contributed by atoms with E-state index in [-0.39, 0.29) is 23.3 Å². The lowest BCUT2D eigenvalue weighted by atomic mass is 9.85. The van der Waals surface area contributed by atoms with Gasteiger partial charge in [-0.2, -0.15) is 0 Å². The van der Waals surface area contributed by atoms with Crippen LogP contribution in [0.25, 0.3) is 0 Å². The molecule has 1 aliphatic carbocycles. The Morgan fingerprint density at radius 3 is 2.37 bits per heavy atom. The van der Waals surface area contributed by atoms with Gasteiger partial charge in [0, 0.05) is 18.2 Å². The van der Waals surface area contributed by atoms with Crippen LogP contribution in [0.2, 0.25) is 0 Å². The summed E-state index contributed by atoms with van der Waals surface area (Å²) in [4.78, 5) is 33.0. The van der Waals surface area contributed by atoms with Crippen molar-refractivity contribution in [2.45, 2.75) is 91.0 Å². The third-order valence-corrected chi connectivity index (χ3v) is 7.44. The summed E-state index contributed by atoms with van der Waals surface area (Å²) < 4.78 is 17.4. The molecule has 1 aliphatic rings. The van der Waals surface area contributed by atoms with Gasteiger partial charge >= 0.3 is 6.09 Å². The molecular weight excluding hydrogens is 542 g/mol. The highest BCUT2D eigenvalue weighted by molar-refractivity contribution is 5.96. The second-order valence-corrected chi connectivity index (χ2v) is 13.2. The van der Waals surface area contributed by atoms with E-state index < -0.39 is 11.7 Å². The predicted octanol–water partition coefficient (Wildman–Crippen LogP) is 7.19. The first-order valence-corrected chi connectivity index (χ1v) is 14.9. The van der Waals surface area contributed by atoms with Crippen LogP contribution in [0.5, 0.6) is 11.6 Å². The number of aromatic nitrogens is 1. The number of pyridine rings is 1. The number of carbonyl (C=O) groups is 2. The van der Waals surface area contributed by atoms with E-state index in [1.807, 2.05) is 75.4 Å². The smallest absolute Gasteiger partial charge is 0.407 e. The van der Waals surface area contributed by atoms with E-state index >= 15 is 0 Å². The van der Waals surface area contributed by atoms with Gasteiger partial charge < -0.3 is 24.4 Å². The van der Waals surface area contributed by atoms with Crippen molar-refractivity contribution in [2.75, 3.05) is 12.0 Å². The summed E-state index contributed by atoms with van der Waals surface area (Å²) >= 11 is 0. The Balaban J connectivity index is 1.61.